The summed E-state index contributed by atoms with van der Waals surface area (Å²) in [5.74, 6) is -0.267. The highest BCUT2D eigenvalue weighted by Gasteiger charge is 2.30. The van der Waals surface area contributed by atoms with Crippen LogP contribution >= 0.6 is 0 Å². The first-order chi connectivity index (χ1) is 14.4. The van der Waals surface area contributed by atoms with Crippen molar-refractivity contribution >= 4 is 29.3 Å². The number of amides is 2. The minimum atomic E-state index is -0.264. The Balaban J connectivity index is 1.58. The first-order valence-corrected chi connectivity index (χ1v) is 10.4. The van der Waals surface area contributed by atoms with Gasteiger partial charge in [0.1, 0.15) is 5.75 Å². The number of hydrogen-bond acceptors (Lipinski definition) is 6. The molecule has 0 N–H and O–H groups in total. The molecule has 0 aromatic heterocycles. The van der Waals surface area contributed by atoms with Crippen molar-refractivity contribution in [1.82, 2.24) is 4.90 Å². The van der Waals surface area contributed by atoms with E-state index < -0.39 is 0 Å². The highest BCUT2D eigenvalue weighted by Crippen LogP contribution is 2.33. The van der Waals surface area contributed by atoms with E-state index in [1.165, 1.54) is 6.92 Å². The number of carbonyl (C=O) groups is 4. The third-order valence-corrected chi connectivity index (χ3v) is 5.47. The maximum absolute atomic E-state index is 12.6. The van der Waals surface area contributed by atoms with Crippen LogP contribution in [0.2, 0.25) is 0 Å². The average molecular weight is 416 g/mol. The summed E-state index contributed by atoms with van der Waals surface area (Å²) in [5.41, 5.74) is 1.07. The predicted molar refractivity (Wildman–Crippen MR) is 109 cm³/mol. The van der Waals surface area contributed by atoms with Crippen LogP contribution in [-0.4, -0.2) is 61.3 Å². The molecule has 0 bridgehead atoms. The molecule has 8 heteroatoms. The molecule has 0 aliphatic carbocycles. The molecule has 8 nitrogen and oxygen atoms in total. The maximum Gasteiger partial charge on any atom is 0.310 e. The summed E-state index contributed by atoms with van der Waals surface area (Å²) in [6.45, 7) is 4.90. The number of likely N-dealkylation sites (tertiary alicyclic amines) is 1. The zero-order valence-corrected chi connectivity index (χ0v) is 17.5. The van der Waals surface area contributed by atoms with E-state index in [1.54, 1.807) is 34.9 Å². The second kappa shape index (κ2) is 9.73. The van der Waals surface area contributed by atoms with Crippen molar-refractivity contribution in [2.75, 3.05) is 37.7 Å². The maximum atomic E-state index is 12.6. The van der Waals surface area contributed by atoms with Crippen LogP contribution in [0.15, 0.2) is 18.2 Å². The molecule has 3 rings (SSSR count). The number of carbonyl (C=O) groups excluding carboxylic acids is 4. The number of nitrogens with zero attached hydrogens (tertiary/aromatic N) is 2. The van der Waals surface area contributed by atoms with Crippen LogP contribution in [0.4, 0.5) is 5.69 Å². The lowest BCUT2D eigenvalue weighted by Crippen LogP contribution is -2.43. The first-order valence-electron chi connectivity index (χ1n) is 10.4. The predicted octanol–water partition coefficient (Wildman–Crippen LogP) is 2.20. The number of anilines is 1. The fourth-order valence-corrected chi connectivity index (χ4v) is 3.87. The van der Waals surface area contributed by atoms with Gasteiger partial charge < -0.3 is 19.3 Å². The SMILES string of the molecule is CCOC(=O)C1CCCN(C(=O)CCCN2C(=O)COc3ccc(C(C)=O)cc32)C1. The molecule has 0 saturated carbocycles. The lowest BCUT2D eigenvalue weighted by atomic mass is 9.98. The van der Waals surface area contributed by atoms with Crippen LogP contribution in [-0.2, 0) is 19.1 Å². The van der Waals surface area contributed by atoms with Gasteiger partial charge in [0.25, 0.3) is 5.91 Å². The molecule has 0 radical (unpaired) electrons. The normalized spacial score (nSPS) is 18.5. The lowest BCUT2D eigenvalue weighted by Gasteiger charge is -2.32. The topological polar surface area (TPSA) is 93.2 Å². The van der Waals surface area contributed by atoms with Gasteiger partial charge in [-0.15, -0.1) is 0 Å². The molecular weight excluding hydrogens is 388 g/mol. The second-order valence-electron chi connectivity index (χ2n) is 7.61. The third kappa shape index (κ3) is 4.98. The minimum absolute atomic E-state index is 0.0255. The first kappa shape index (κ1) is 21.8. The summed E-state index contributed by atoms with van der Waals surface area (Å²) >= 11 is 0. The zero-order valence-electron chi connectivity index (χ0n) is 17.5. The van der Waals surface area contributed by atoms with Crippen molar-refractivity contribution in [3.63, 3.8) is 0 Å². The molecular formula is C22H28N2O6. The van der Waals surface area contributed by atoms with Gasteiger partial charge in [-0.25, -0.2) is 0 Å². The number of piperidine rings is 1. The van der Waals surface area contributed by atoms with E-state index in [0.717, 1.165) is 12.8 Å². The van der Waals surface area contributed by atoms with Crippen LogP contribution in [0.3, 0.4) is 0 Å². The molecule has 30 heavy (non-hydrogen) atoms. The van der Waals surface area contributed by atoms with Gasteiger partial charge in [-0.05, 0) is 51.3 Å². The summed E-state index contributed by atoms with van der Waals surface area (Å²) in [6, 6.07) is 5.03. The molecule has 1 aromatic carbocycles. The van der Waals surface area contributed by atoms with Crippen molar-refractivity contribution in [3.05, 3.63) is 23.8 Å². The Morgan fingerprint density at radius 3 is 2.80 bits per heavy atom. The lowest BCUT2D eigenvalue weighted by molar-refractivity contribution is -0.151. The average Bonchev–Trinajstić information content (AvgIpc) is 2.75. The van der Waals surface area contributed by atoms with Crippen molar-refractivity contribution in [2.45, 2.75) is 39.5 Å². The van der Waals surface area contributed by atoms with Gasteiger partial charge in [-0.3, -0.25) is 19.2 Å². The smallest absolute Gasteiger partial charge is 0.310 e. The van der Waals surface area contributed by atoms with Gasteiger partial charge in [0.15, 0.2) is 12.4 Å². The van der Waals surface area contributed by atoms with Crippen molar-refractivity contribution in [1.29, 1.82) is 0 Å². The molecule has 1 fully saturated rings. The number of benzene rings is 1. The Morgan fingerprint density at radius 1 is 1.27 bits per heavy atom. The molecule has 0 spiro atoms. The van der Waals surface area contributed by atoms with Crippen LogP contribution in [0.25, 0.3) is 0 Å². The Bertz CT molecular complexity index is 837. The zero-order chi connectivity index (χ0) is 21.7. The highest BCUT2D eigenvalue weighted by atomic mass is 16.5. The van der Waals surface area contributed by atoms with Crippen molar-refractivity contribution in [3.8, 4) is 5.75 Å². The van der Waals surface area contributed by atoms with E-state index in [4.69, 9.17) is 9.47 Å². The second-order valence-corrected chi connectivity index (χ2v) is 7.61. The van der Waals surface area contributed by atoms with Crippen molar-refractivity contribution < 1.29 is 28.7 Å². The van der Waals surface area contributed by atoms with E-state index in [2.05, 4.69) is 0 Å². The largest absolute Gasteiger partial charge is 0.482 e. The van der Waals surface area contributed by atoms with Gasteiger partial charge in [0.05, 0.1) is 18.2 Å². The number of hydrogen-bond donors (Lipinski definition) is 0. The third-order valence-electron chi connectivity index (χ3n) is 5.47. The van der Waals surface area contributed by atoms with Gasteiger partial charge >= 0.3 is 5.97 Å². The highest BCUT2D eigenvalue weighted by molar-refractivity contribution is 6.01. The Hall–Kier alpha value is -2.90. The van der Waals surface area contributed by atoms with Gasteiger partial charge in [0.2, 0.25) is 5.91 Å². The van der Waals surface area contributed by atoms with Gasteiger partial charge in [-0.2, -0.15) is 0 Å². The monoisotopic (exact) mass is 416 g/mol. The quantitative estimate of drug-likeness (QED) is 0.500. The van der Waals surface area contributed by atoms with E-state index in [9.17, 15) is 19.2 Å². The van der Waals surface area contributed by atoms with E-state index in [0.29, 0.717) is 49.7 Å². The Labute approximate surface area is 176 Å². The summed E-state index contributed by atoms with van der Waals surface area (Å²) in [5, 5.41) is 0. The minimum Gasteiger partial charge on any atom is -0.482 e. The van der Waals surface area contributed by atoms with E-state index >= 15 is 0 Å². The van der Waals surface area contributed by atoms with Gasteiger partial charge in [0, 0.05) is 31.6 Å². The Kier molecular flexibility index (Phi) is 7.07. The van der Waals surface area contributed by atoms with Crippen LogP contribution in [0, 0.1) is 5.92 Å². The molecule has 1 atom stereocenters. The molecule has 2 aliphatic heterocycles. The number of Topliss-reactive ketones (excluding diaryl/α,β-unsaturated/α-hetero) is 1. The summed E-state index contributed by atoms with van der Waals surface area (Å²) in [6.07, 6.45) is 2.27. The molecule has 1 aromatic rings. The fraction of sp³-hybridized carbons (Fsp3) is 0.545. The van der Waals surface area contributed by atoms with Gasteiger partial charge in [-0.1, -0.05) is 0 Å². The van der Waals surface area contributed by atoms with Crippen LogP contribution in [0.5, 0.6) is 5.75 Å². The molecule has 2 heterocycles. The molecule has 162 valence electrons. The molecule has 2 aliphatic rings. The summed E-state index contributed by atoms with van der Waals surface area (Å²) < 4.78 is 10.5. The number of fused-ring (bicyclic) bond motifs is 1. The molecule has 1 saturated heterocycles. The number of rotatable bonds is 7. The van der Waals surface area contributed by atoms with Crippen LogP contribution < -0.4 is 9.64 Å². The van der Waals surface area contributed by atoms with E-state index in [1.807, 2.05) is 0 Å². The number of ether oxygens (including phenoxy) is 2. The summed E-state index contributed by atoms with van der Waals surface area (Å²) in [7, 11) is 0. The molecule has 1 unspecified atom stereocenters. The fourth-order valence-electron chi connectivity index (χ4n) is 3.87. The molecule has 2 amide bonds. The van der Waals surface area contributed by atoms with Crippen molar-refractivity contribution in [2.24, 2.45) is 5.92 Å². The number of esters is 1. The standard InChI is InChI=1S/C22H28N2O6/c1-3-29-22(28)17-6-4-10-23(13-17)20(26)7-5-11-24-18-12-16(15(2)25)8-9-19(18)30-14-21(24)27/h8-9,12,17H,3-7,10-11,13-14H2,1-2H3. The van der Waals surface area contributed by atoms with E-state index in [-0.39, 0.29) is 42.5 Å². The summed E-state index contributed by atoms with van der Waals surface area (Å²) in [4.78, 5) is 52.0. The Morgan fingerprint density at radius 2 is 2.07 bits per heavy atom. The number of ketones is 1. The van der Waals surface area contributed by atoms with Crippen LogP contribution in [0.1, 0.15) is 49.9 Å².